The minimum atomic E-state index is -3.62. The van der Waals surface area contributed by atoms with Crippen molar-refractivity contribution >= 4 is 178 Å². The topological polar surface area (TPSA) is 393 Å². The molecule has 0 aliphatic heterocycles. The third-order valence-electron chi connectivity index (χ3n) is 23.8. The summed E-state index contributed by atoms with van der Waals surface area (Å²) in [6.07, 6.45) is 48.6. The van der Waals surface area contributed by atoms with E-state index < -0.39 is 15.1 Å². The number of esters is 5. The maximum atomic E-state index is 12.9. The molecule has 0 saturated carbocycles. The number of thioether (sulfide) groups is 2. The van der Waals surface area contributed by atoms with Gasteiger partial charge in [-0.25, -0.2) is 48.3 Å². The maximum Gasteiger partial charge on any atom is 1.00 e. The van der Waals surface area contributed by atoms with Crippen molar-refractivity contribution in [1.29, 1.82) is 0 Å². The number of aromatic nitrogens is 16. The predicted molar refractivity (Wildman–Crippen MR) is 596 cm³/mol. The molecule has 0 radical (unpaired) electrons. The van der Waals surface area contributed by atoms with Gasteiger partial charge in [-0.3, -0.25) is 24.0 Å². The second kappa shape index (κ2) is 85.4. The number of carbonyl (C=O) groups excluding carboxylic acids is 5. The Labute approximate surface area is 946 Å². The van der Waals surface area contributed by atoms with Gasteiger partial charge in [0.1, 0.15) is 55.4 Å². The van der Waals surface area contributed by atoms with Crippen LogP contribution in [0.5, 0.6) is 0 Å². The van der Waals surface area contributed by atoms with E-state index in [2.05, 4.69) is 159 Å². The van der Waals surface area contributed by atoms with Crippen molar-refractivity contribution in [2.45, 2.75) is 442 Å². The number of nitrogens with two attached hydrogens (primary N) is 1. The summed E-state index contributed by atoms with van der Waals surface area (Å²) < 4.78 is 57.3. The molecule has 0 aliphatic carbocycles. The third-order valence-corrected chi connectivity index (χ3v) is 28.7. The summed E-state index contributed by atoms with van der Waals surface area (Å²) in [5.74, 6) is 2.95. The number of ether oxygens (including phenoxy) is 5. The Kier molecular flexibility index (Phi) is 81.4. The first-order chi connectivity index (χ1) is 69.5. The molecule has 0 saturated heterocycles. The Morgan fingerprint density at radius 3 is 0.857 bits per heavy atom. The molecule has 832 valence electrons. The average molecular weight is 2260 g/mol. The predicted octanol–water partition coefficient (Wildman–Crippen LogP) is 17.7. The number of fused-ring (bicyclic) bond motifs is 4. The summed E-state index contributed by atoms with van der Waals surface area (Å²) >= 11 is 38.4. The molecule has 8 aromatic heterocycles. The van der Waals surface area contributed by atoms with E-state index in [1.54, 1.807) is 44.3 Å². The van der Waals surface area contributed by atoms with E-state index in [9.17, 15) is 32.4 Å². The standard InChI is InChI=1S/C25H42ClN5O4S.2C25H42ClN5O2S.C22H35Cl2N5O2.C4H8O2.C3H8S.ClH.Na/c1-19(2)36(33,34)24-22-23(29-25(26)30-24)28-20(3)31(22)18-14-10-6-5-8-12-16-27-17-13-9-7-11-15-21(32)35-4;2*1-19(2)34-24-22-23(29-25(26)30-24)28-20(3)31(22)18-14-10-6-5-8-12-16-27-17-13-9-7-11-15-21(32)33-4;1-17-26-21-19(20(23)27-22(24)28-21)29(17)16-12-8-4-3-6-10-14-25-15-11-7-5-9-13-18(30)31-2;1-3-6-4(2)5;1-3(2)4;;/h19,27H,5-18H2,1-4H3;2*19,27H,5-18H2,1-4H3;25H,3-16H2,1-2H3;3H2,1-2H3;3-4H,1-2H3;1H;/q;;;;;;;+1/p-1. The van der Waals surface area contributed by atoms with Crippen LogP contribution in [0.1, 0.15) is 375 Å². The number of quaternary nitrogens is 1. The molecule has 0 aliphatic rings. The fraction of sp³-hybridized carbons (Fsp3) is 0.760. The van der Waals surface area contributed by atoms with Crippen LogP contribution >= 0.6 is 81.5 Å². The smallest absolute Gasteiger partial charge is 1.00 e. The minimum Gasteiger partial charge on any atom is -1.00 e. The van der Waals surface area contributed by atoms with Crippen molar-refractivity contribution in [2.24, 2.45) is 0 Å². The second-order valence-corrected chi connectivity index (χ2v) is 45.8. The molecule has 0 amide bonds. The second-order valence-electron chi connectivity index (χ2n) is 37.6. The molecule has 8 rings (SSSR count). The molecule has 8 heterocycles. The van der Waals surface area contributed by atoms with Crippen molar-refractivity contribution in [2.75, 3.05) is 87.4 Å². The van der Waals surface area contributed by atoms with Crippen LogP contribution in [0.15, 0.2) is 15.1 Å². The summed E-state index contributed by atoms with van der Waals surface area (Å²) in [7, 11) is 2.16. The first-order valence-corrected chi connectivity index (χ1v) is 59.1. The zero-order chi connectivity index (χ0) is 107. The largest absolute Gasteiger partial charge is 1.00 e. The average Bonchev–Trinajstić information content (AvgIpc) is 1.61. The normalized spacial score (nSPS) is 11.3. The number of sulfone groups is 1. The van der Waals surface area contributed by atoms with Crippen molar-refractivity contribution in [1.82, 2.24) is 94.0 Å². The van der Waals surface area contributed by atoms with Gasteiger partial charge in [-0.15, -0.1) is 23.5 Å². The molecule has 0 bridgehead atoms. The van der Waals surface area contributed by atoms with Crippen LogP contribution < -0.4 is 63.2 Å². The van der Waals surface area contributed by atoms with Crippen LogP contribution in [0.2, 0.25) is 26.3 Å². The van der Waals surface area contributed by atoms with Gasteiger partial charge in [0.05, 0.1) is 53.4 Å². The number of imidazole rings is 4. The van der Waals surface area contributed by atoms with Gasteiger partial charge in [0, 0.05) is 69.3 Å². The number of carbonyl (C=O) groups is 5. The van der Waals surface area contributed by atoms with Gasteiger partial charge in [-0.05, 0) is 250 Å². The van der Waals surface area contributed by atoms with Crippen LogP contribution in [0.4, 0.5) is 0 Å². The van der Waals surface area contributed by atoms with Crippen molar-refractivity contribution in [3.8, 4) is 0 Å². The number of nitrogens with zero attached hydrogens (tertiary/aromatic N) is 16. The monoisotopic (exact) mass is 2260 g/mol. The SMILES string of the molecule is CC(C)[S-].CCOC(C)=O.COC(=O)CCCCCCNCCCCCCCCn1c(C)nc2nc(Cl)nc(Cl)c21.COC(=O)CCCCCCNCCCCCCCCn1c(C)nc2nc(Cl)nc(S(=O)(=O)C(C)C)c21.COC(=O)CCCCCCNCCCCCCCCn1c(C)nc2nc(Cl)nc(SC(C)C)c21.COC(=O)CCCCCC[NH2+]CCCCCCCCn1c(C)nc2nc(Cl)nc(SC(C)C)c21.[Cl-].[Na+]. The van der Waals surface area contributed by atoms with Gasteiger partial charge >= 0.3 is 59.4 Å². The first kappa shape index (κ1) is 140. The fourth-order valence-electron chi connectivity index (χ4n) is 16.1. The zero-order valence-corrected chi connectivity index (χ0v) is 102. The van der Waals surface area contributed by atoms with E-state index >= 15 is 0 Å². The zero-order valence-electron chi connectivity index (χ0n) is 92.1. The number of rotatable bonds is 71. The van der Waals surface area contributed by atoms with Crippen LogP contribution in [-0.2, 0) is 96.3 Å². The van der Waals surface area contributed by atoms with Crippen molar-refractivity contribution < 1.29 is 103 Å². The fourth-order valence-corrected chi connectivity index (χ4v) is 20.1. The van der Waals surface area contributed by atoms with Gasteiger partial charge in [0.2, 0.25) is 21.1 Å². The first-order valence-electron chi connectivity index (χ1n) is 53.4. The molecular weight excluding hydrogens is 2090 g/mol. The molecule has 0 unspecified atom stereocenters. The Balaban J connectivity index is 0.000000945. The molecule has 5 N–H and O–H groups in total. The van der Waals surface area contributed by atoms with Crippen molar-refractivity contribution in [3.05, 3.63) is 49.6 Å². The van der Waals surface area contributed by atoms with Crippen LogP contribution in [-0.4, -0.2) is 225 Å². The van der Waals surface area contributed by atoms with E-state index in [0.717, 1.165) is 212 Å². The quantitative estimate of drug-likeness (QED) is 0.00402. The number of nitrogens with one attached hydrogen (secondary N) is 3. The number of aryl methyl sites for hydroxylation is 8. The van der Waals surface area contributed by atoms with Crippen LogP contribution in [0, 0.1) is 27.7 Å². The molecule has 43 heteroatoms. The molecule has 0 spiro atoms. The summed E-state index contributed by atoms with van der Waals surface area (Å²) in [6, 6.07) is 0. The van der Waals surface area contributed by atoms with E-state index in [1.807, 2.05) is 46.1 Å². The maximum absolute atomic E-state index is 12.9. The number of methoxy groups -OCH3 is 4. The van der Waals surface area contributed by atoms with Crippen molar-refractivity contribution in [3.63, 3.8) is 0 Å². The van der Waals surface area contributed by atoms with E-state index in [-0.39, 0.29) is 98.0 Å². The Hall–Kier alpha value is -4.87. The van der Waals surface area contributed by atoms with Gasteiger partial charge in [0.15, 0.2) is 42.6 Å². The van der Waals surface area contributed by atoms with E-state index in [1.165, 1.54) is 203 Å². The molecule has 32 nitrogen and oxygen atoms in total. The third kappa shape index (κ3) is 61.9. The number of hydrogen-bond donors (Lipinski definition) is 4. The molecular formula is C104H177Cl6N20NaO12S4. The van der Waals surface area contributed by atoms with Gasteiger partial charge in [0.25, 0.3) is 0 Å². The van der Waals surface area contributed by atoms with Gasteiger partial charge < -0.3 is 88.3 Å². The summed E-state index contributed by atoms with van der Waals surface area (Å²) in [5.41, 5.74) is 5.59. The molecule has 0 aromatic carbocycles. The number of hydrogen-bond acceptors (Lipinski definition) is 30. The van der Waals surface area contributed by atoms with Gasteiger partial charge in [-0.1, -0.05) is 194 Å². The Bertz CT molecular complexity index is 4900. The Morgan fingerprint density at radius 2 is 0.592 bits per heavy atom. The number of unbranched alkanes of at least 4 members (excludes halogenated alkanes) is 32. The minimum absolute atomic E-state index is 0. The molecule has 0 fully saturated rings. The molecule has 8 aromatic rings. The van der Waals surface area contributed by atoms with Gasteiger partial charge in [-0.2, -0.15) is 25.2 Å². The summed E-state index contributed by atoms with van der Waals surface area (Å²) in [5, 5.41) is 16.4. The Morgan fingerprint density at radius 1 is 0.354 bits per heavy atom. The van der Waals surface area contributed by atoms with E-state index in [4.69, 9.17) is 58.0 Å². The van der Waals surface area contributed by atoms with Crippen LogP contribution in [0.3, 0.4) is 0 Å². The molecule has 147 heavy (non-hydrogen) atoms. The summed E-state index contributed by atoms with van der Waals surface area (Å²) in [4.78, 5) is 106. The number of halogens is 6. The van der Waals surface area contributed by atoms with Crippen LogP contribution in [0.25, 0.3) is 44.7 Å². The van der Waals surface area contributed by atoms with E-state index in [0.29, 0.717) is 87.8 Å². The summed E-state index contributed by atoms with van der Waals surface area (Å²) in [6.45, 7) is 39.7. The molecule has 0 atom stereocenters.